The Morgan fingerprint density at radius 3 is 0.721 bits per heavy atom. The van der Waals surface area contributed by atoms with Crippen LogP contribution in [-0.2, 0) is 0 Å². The summed E-state index contributed by atoms with van der Waals surface area (Å²) in [5.74, 6) is 0. The highest BCUT2D eigenvalue weighted by Crippen LogP contribution is 2.39. The fourth-order valence-electron chi connectivity index (χ4n) is 10.4. The zero-order valence-electron chi connectivity index (χ0n) is 37.3. The largest absolute Gasteiger partial charge is 0.309 e. The maximum absolute atomic E-state index is 2.38. The van der Waals surface area contributed by atoms with E-state index >= 15 is 0 Å². The van der Waals surface area contributed by atoms with Crippen LogP contribution in [0.4, 0.5) is 0 Å². The Morgan fingerprint density at radius 1 is 0.162 bits per heavy atom. The molecule has 2 heteroatoms. The van der Waals surface area contributed by atoms with Gasteiger partial charge in [0.2, 0.25) is 0 Å². The number of aromatic nitrogens is 2. The van der Waals surface area contributed by atoms with Gasteiger partial charge in [-0.1, -0.05) is 176 Å². The molecule has 0 bridgehead atoms. The van der Waals surface area contributed by atoms with E-state index in [0.29, 0.717) is 0 Å². The molecule has 0 fully saturated rings. The van der Waals surface area contributed by atoms with Crippen LogP contribution in [0, 0.1) is 0 Å². The van der Waals surface area contributed by atoms with E-state index in [1.54, 1.807) is 0 Å². The Bertz CT molecular complexity index is 3620. The second kappa shape index (κ2) is 16.5. The van der Waals surface area contributed by atoms with Gasteiger partial charge in [0, 0.05) is 32.9 Å². The third-order valence-corrected chi connectivity index (χ3v) is 13.7. The van der Waals surface area contributed by atoms with Crippen LogP contribution in [0.15, 0.2) is 267 Å². The summed E-state index contributed by atoms with van der Waals surface area (Å²) < 4.78 is 4.76. The molecule has 0 N–H and O–H groups in total. The molecule has 11 aromatic carbocycles. The average molecular weight is 865 g/mol. The standard InChI is InChI=1S/C66H44N2/c1-3-16-45(17-4-1)51-39-53(47-30-34-57(35-31-47)67-63-26-11-7-22-59(63)60-23-8-12-27-64(60)67)43-55(41-51)49-20-15-21-50(38-49)56-42-52(46-18-5-2-6-19-46)40-54(44-56)48-32-36-58(37-33-48)68-65-28-13-9-24-61(65)62-25-10-14-29-66(62)68/h1-44H. The molecule has 0 aliphatic carbocycles. The highest BCUT2D eigenvalue weighted by molar-refractivity contribution is 6.10. The number of fused-ring (bicyclic) bond motifs is 6. The maximum atomic E-state index is 2.38. The average Bonchev–Trinajstić information content (AvgIpc) is 3.94. The molecule has 68 heavy (non-hydrogen) atoms. The molecule has 0 radical (unpaired) electrons. The van der Waals surface area contributed by atoms with Gasteiger partial charge in [0.25, 0.3) is 0 Å². The fraction of sp³-hybridized carbons (Fsp3) is 0. The zero-order valence-corrected chi connectivity index (χ0v) is 37.3. The van der Waals surface area contributed by atoms with E-state index in [9.17, 15) is 0 Å². The summed E-state index contributed by atoms with van der Waals surface area (Å²) in [6, 6.07) is 97.5. The Kier molecular flexibility index (Phi) is 9.54. The van der Waals surface area contributed by atoms with Crippen LogP contribution in [0.3, 0.4) is 0 Å². The maximum Gasteiger partial charge on any atom is 0.0541 e. The van der Waals surface area contributed by atoms with Crippen molar-refractivity contribution in [2.24, 2.45) is 0 Å². The van der Waals surface area contributed by atoms with Gasteiger partial charge in [0.1, 0.15) is 0 Å². The molecule has 2 heterocycles. The third kappa shape index (κ3) is 6.90. The topological polar surface area (TPSA) is 9.86 Å². The Morgan fingerprint density at radius 2 is 0.397 bits per heavy atom. The van der Waals surface area contributed by atoms with Crippen molar-refractivity contribution in [3.05, 3.63) is 267 Å². The summed E-state index contributed by atoms with van der Waals surface area (Å²) >= 11 is 0. The van der Waals surface area contributed by atoms with Crippen LogP contribution in [0.2, 0.25) is 0 Å². The lowest BCUT2D eigenvalue weighted by atomic mass is 9.90. The lowest BCUT2D eigenvalue weighted by Crippen LogP contribution is -1.94. The van der Waals surface area contributed by atoms with Crippen LogP contribution in [0.5, 0.6) is 0 Å². The van der Waals surface area contributed by atoms with Gasteiger partial charge in [-0.3, -0.25) is 0 Å². The van der Waals surface area contributed by atoms with Crippen LogP contribution in [0.25, 0.3) is 122 Å². The first kappa shape index (κ1) is 39.4. The number of nitrogens with zero attached hydrogens (tertiary/aromatic N) is 2. The van der Waals surface area contributed by atoms with Crippen molar-refractivity contribution in [1.29, 1.82) is 0 Å². The van der Waals surface area contributed by atoms with Gasteiger partial charge < -0.3 is 9.13 Å². The molecule has 0 atom stereocenters. The summed E-state index contributed by atoms with van der Waals surface area (Å²) in [5.41, 5.74) is 21.3. The molecule has 0 aliphatic rings. The lowest BCUT2D eigenvalue weighted by molar-refractivity contribution is 1.18. The first-order chi connectivity index (χ1) is 33.7. The molecule has 0 saturated heterocycles. The van der Waals surface area contributed by atoms with Gasteiger partial charge in [-0.25, -0.2) is 0 Å². The minimum Gasteiger partial charge on any atom is -0.309 e. The first-order valence-electron chi connectivity index (χ1n) is 23.4. The quantitative estimate of drug-likeness (QED) is 0.144. The molecule has 0 saturated carbocycles. The number of benzene rings is 11. The summed E-state index contributed by atoms with van der Waals surface area (Å²) in [4.78, 5) is 0. The number of para-hydroxylation sites is 4. The molecular formula is C66H44N2. The monoisotopic (exact) mass is 864 g/mol. The van der Waals surface area contributed by atoms with Crippen LogP contribution >= 0.6 is 0 Å². The third-order valence-electron chi connectivity index (χ3n) is 13.7. The van der Waals surface area contributed by atoms with Crippen molar-refractivity contribution < 1.29 is 0 Å². The second-order valence-electron chi connectivity index (χ2n) is 17.7. The van der Waals surface area contributed by atoms with Crippen LogP contribution in [0.1, 0.15) is 0 Å². The van der Waals surface area contributed by atoms with Crippen molar-refractivity contribution in [3.63, 3.8) is 0 Å². The van der Waals surface area contributed by atoms with Crippen LogP contribution < -0.4 is 0 Å². The van der Waals surface area contributed by atoms with Crippen molar-refractivity contribution in [2.75, 3.05) is 0 Å². The molecule has 2 nitrogen and oxygen atoms in total. The molecule has 318 valence electrons. The van der Waals surface area contributed by atoms with Crippen molar-refractivity contribution in [3.8, 4) is 78.1 Å². The van der Waals surface area contributed by atoms with E-state index in [1.165, 1.54) is 110 Å². The number of hydrogen-bond donors (Lipinski definition) is 0. The highest BCUT2D eigenvalue weighted by atomic mass is 15.0. The Labute approximate surface area is 395 Å². The van der Waals surface area contributed by atoms with E-state index in [1.807, 2.05) is 0 Å². The predicted molar refractivity (Wildman–Crippen MR) is 288 cm³/mol. The normalized spacial score (nSPS) is 11.5. The van der Waals surface area contributed by atoms with Crippen LogP contribution in [-0.4, -0.2) is 9.13 Å². The Balaban J connectivity index is 0.896. The minimum absolute atomic E-state index is 1.15. The molecule has 0 spiro atoms. The fourth-order valence-corrected chi connectivity index (χ4v) is 10.4. The molecule has 0 amide bonds. The van der Waals surface area contributed by atoms with E-state index < -0.39 is 0 Å². The second-order valence-corrected chi connectivity index (χ2v) is 17.7. The summed E-state index contributed by atoms with van der Waals surface area (Å²) in [7, 11) is 0. The van der Waals surface area contributed by atoms with E-state index in [2.05, 4.69) is 276 Å². The Hall–Kier alpha value is -8.98. The first-order valence-corrected chi connectivity index (χ1v) is 23.4. The highest BCUT2D eigenvalue weighted by Gasteiger charge is 2.16. The van der Waals surface area contributed by atoms with Gasteiger partial charge >= 0.3 is 0 Å². The van der Waals surface area contributed by atoms with E-state index in [0.717, 1.165) is 11.4 Å². The molecule has 2 aromatic heterocycles. The van der Waals surface area contributed by atoms with Gasteiger partial charge in [0.15, 0.2) is 0 Å². The molecule has 0 aliphatic heterocycles. The van der Waals surface area contributed by atoms with Gasteiger partial charge in [-0.05, 0) is 158 Å². The van der Waals surface area contributed by atoms with Crippen molar-refractivity contribution >= 4 is 43.6 Å². The molecule has 13 rings (SSSR count). The van der Waals surface area contributed by atoms with E-state index in [-0.39, 0.29) is 0 Å². The van der Waals surface area contributed by atoms with Gasteiger partial charge in [-0.15, -0.1) is 0 Å². The number of rotatable bonds is 8. The van der Waals surface area contributed by atoms with Crippen molar-refractivity contribution in [1.82, 2.24) is 9.13 Å². The lowest BCUT2D eigenvalue weighted by Gasteiger charge is -2.15. The summed E-state index contributed by atoms with van der Waals surface area (Å²) in [5, 5.41) is 5.07. The predicted octanol–water partition coefficient (Wildman–Crippen LogP) is 17.9. The van der Waals surface area contributed by atoms with Gasteiger partial charge in [0.05, 0.1) is 22.1 Å². The van der Waals surface area contributed by atoms with Gasteiger partial charge in [-0.2, -0.15) is 0 Å². The zero-order chi connectivity index (χ0) is 45.0. The SMILES string of the molecule is c1ccc(-c2cc(-c3ccc(-n4c5ccccc5c5ccccc54)cc3)cc(-c3cccc(-c4cc(-c5ccccc5)cc(-c5ccc(-n6c7ccccc7c7ccccc76)cc5)c4)c3)c2)cc1. The number of hydrogen-bond acceptors (Lipinski definition) is 0. The molecular weight excluding hydrogens is 821 g/mol. The molecule has 13 aromatic rings. The molecule has 0 unspecified atom stereocenters. The van der Waals surface area contributed by atoms with E-state index in [4.69, 9.17) is 0 Å². The smallest absolute Gasteiger partial charge is 0.0541 e. The summed E-state index contributed by atoms with van der Waals surface area (Å²) in [6.07, 6.45) is 0. The van der Waals surface area contributed by atoms with Crippen molar-refractivity contribution in [2.45, 2.75) is 0 Å². The minimum atomic E-state index is 1.15. The summed E-state index contributed by atoms with van der Waals surface area (Å²) in [6.45, 7) is 0.